The highest BCUT2D eigenvalue weighted by atomic mass is 16.5. The molecule has 0 saturated heterocycles. The molecule has 0 atom stereocenters. The van der Waals surface area contributed by atoms with Crippen LogP contribution in [0.4, 0.5) is 5.82 Å². The molecule has 0 radical (unpaired) electrons. The van der Waals surface area contributed by atoms with Gasteiger partial charge >= 0.3 is 6.01 Å². The maximum atomic E-state index is 9.06. The van der Waals surface area contributed by atoms with Crippen LogP contribution in [0.15, 0.2) is 40.9 Å². The molecule has 2 N–H and O–H groups in total. The molecule has 6 heteroatoms. The lowest BCUT2D eigenvalue weighted by Crippen LogP contribution is -1.96. The molecule has 0 aliphatic carbocycles. The number of furan rings is 1. The second-order valence-electron chi connectivity index (χ2n) is 3.73. The maximum Gasteiger partial charge on any atom is 0.324 e. The first kappa shape index (κ1) is 11.0. The first-order valence-electron chi connectivity index (χ1n) is 5.46. The van der Waals surface area contributed by atoms with Gasteiger partial charge in [0.1, 0.15) is 17.5 Å². The molecule has 3 aromatic rings. The van der Waals surface area contributed by atoms with E-state index in [-0.39, 0.29) is 17.6 Å². The van der Waals surface area contributed by atoms with Gasteiger partial charge in [0.25, 0.3) is 0 Å². The fraction of sp³-hybridized carbons (Fsp3) is 0. The Labute approximate surface area is 108 Å². The summed E-state index contributed by atoms with van der Waals surface area (Å²) in [5.41, 5.74) is 6.12. The number of nitrogens with zero attached hydrogens (tertiary/aromatic N) is 3. The Morgan fingerprint density at radius 2 is 2.11 bits per heavy atom. The molecule has 0 unspecified atom stereocenters. The summed E-state index contributed by atoms with van der Waals surface area (Å²) in [5.74, 6) is 0.659. The first-order valence-corrected chi connectivity index (χ1v) is 5.46. The predicted octanol–water partition coefficient (Wildman–Crippen LogP) is 2.47. The SMILES string of the molecule is N#Cc1oc2ccccc2c1Oc1nccc(N)n1. The van der Waals surface area contributed by atoms with Gasteiger partial charge in [-0.1, -0.05) is 12.1 Å². The van der Waals surface area contributed by atoms with Crippen LogP contribution in [0.5, 0.6) is 11.8 Å². The van der Waals surface area contributed by atoms with Crippen LogP contribution in [-0.2, 0) is 0 Å². The van der Waals surface area contributed by atoms with Gasteiger partial charge < -0.3 is 14.9 Å². The van der Waals surface area contributed by atoms with Gasteiger partial charge in [-0.15, -0.1) is 0 Å². The van der Waals surface area contributed by atoms with E-state index in [4.69, 9.17) is 20.1 Å². The summed E-state index contributed by atoms with van der Waals surface area (Å²) in [6, 6.07) is 10.7. The number of nitrogens with two attached hydrogens (primary N) is 1. The van der Waals surface area contributed by atoms with E-state index in [9.17, 15) is 0 Å². The van der Waals surface area contributed by atoms with Crippen LogP contribution in [0.3, 0.4) is 0 Å². The minimum absolute atomic E-state index is 0.0723. The van der Waals surface area contributed by atoms with E-state index in [2.05, 4.69) is 9.97 Å². The average Bonchev–Trinajstić information content (AvgIpc) is 2.77. The summed E-state index contributed by atoms with van der Waals surface area (Å²) in [4.78, 5) is 7.86. The zero-order valence-corrected chi connectivity index (χ0v) is 9.70. The summed E-state index contributed by atoms with van der Waals surface area (Å²) in [5, 5.41) is 9.75. The molecule has 0 fully saturated rings. The van der Waals surface area contributed by atoms with Crippen molar-refractivity contribution in [3.8, 4) is 17.8 Å². The van der Waals surface area contributed by atoms with Gasteiger partial charge in [-0.3, -0.25) is 0 Å². The Kier molecular flexibility index (Phi) is 2.50. The van der Waals surface area contributed by atoms with Crippen LogP contribution in [0, 0.1) is 11.3 Å². The minimum Gasteiger partial charge on any atom is -0.442 e. The van der Waals surface area contributed by atoms with Gasteiger partial charge in [0.15, 0.2) is 5.75 Å². The molecule has 2 aromatic heterocycles. The third kappa shape index (κ3) is 1.93. The molecule has 19 heavy (non-hydrogen) atoms. The number of anilines is 1. The van der Waals surface area contributed by atoms with E-state index in [0.29, 0.717) is 16.7 Å². The number of rotatable bonds is 2. The van der Waals surface area contributed by atoms with Gasteiger partial charge in [0, 0.05) is 6.20 Å². The third-order valence-corrected chi connectivity index (χ3v) is 2.50. The highest BCUT2D eigenvalue weighted by molar-refractivity contribution is 5.86. The second-order valence-corrected chi connectivity index (χ2v) is 3.73. The Morgan fingerprint density at radius 1 is 1.26 bits per heavy atom. The summed E-state index contributed by atoms with van der Waals surface area (Å²) in [7, 11) is 0. The third-order valence-electron chi connectivity index (χ3n) is 2.50. The largest absolute Gasteiger partial charge is 0.442 e. The van der Waals surface area contributed by atoms with Crippen molar-refractivity contribution in [3.05, 3.63) is 42.3 Å². The van der Waals surface area contributed by atoms with E-state index in [1.54, 1.807) is 18.2 Å². The first-order chi connectivity index (χ1) is 9.28. The summed E-state index contributed by atoms with van der Waals surface area (Å²) in [6.45, 7) is 0. The van der Waals surface area contributed by atoms with Crippen LogP contribution >= 0.6 is 0 Å². The minimum atomic E-state index is 0.0723. The summed E-state index contributed by atoms with van der Waals surface area (Å²) < 4.78 is 10.9. The standard InChI is InChI=1S/C13H8N4O2/c14-7-10-12(8-3-1-2-4-9(8)18-10)19-13-16-6-5-11(15)17-13/h1-6H,(H2,15,16,17). The van der Waals surface area contributed by atoms with Crippen molar-refractivity contribution in [1.82, 2.24) is 9.97 Å². The number of ether oxygens (including phenoxy) is 1. The zero-order valence-electron chi connectivity index (χ0n) is 9.70. The van der Waals surface area contributed by atoms with E-state index >= 15 is 0 Å². The summed E-state index contributed by atoms with van der Waals surface area (Å²) >= 11 is 0. The molecule has 0 bridgehead atoms. The Balaban J connectivity index is 2.12. The zero-order chi connectivity index (χ0) is 13.2. The fourth-order valence-corrected chi connectivity index (χ4v) is 1.69. The Morgan fingerprint density at radius 3 is 2.89 bits per heavy atom. The monoisotopic (exact) mass is 252 g/mol. The van der Waals surface area contributed by atoms with E-state index in [1.807, 2.05) is 18.2 Å². The quantitative estimate of drug-likeness (QED) is 0.752. The molecule has 0 saturated carbocycles. The van der Waals surface area contributed by atoms with Crippen molar-refractivity contribution in [3.63, 3.8) is 0 Å². The molecule has 0 aliphatic heterocycles. The number of aromatic nitrogens is 2. The fourth-order valence-electron chi connectivity index (χ4n) is 1.69. The molecule has 92 valence electrons. The Hall–Kier alpha value is -3.07. The van der Waals surface area contributed by atoms with Crippen LogP contribution in [0.2, 0.25) is 0 Å². The van der Waals surface area contributed by atoms with Gasteiger partial charge in [0.2, 0.25) is 5.76 Å². The molecule has 1 aromatic carbocycles. The number of nitrogen functional groups attached to an aromatic ring is 1. The molecule has 0 amide bonds. The normalized spacial score (nSPS) is 10.3. The van der Waals surface area contributed by atoms with Gasteiger partial charge in [-0.05, 0) is 18.2 Å². The number of benzene rings is 1. The molecular weight excluding hydrogens is 244 g/mol. The van der Waals surface area contributed by atoms with E-state index in [0.717, 1.165) is 0 Å². The van der Waals surface area contributed by atoms with E-state index < -0.39 is 0 Å². The predicted molar refractivity (Wildman–Crippen MR) is 67.4 cm³/mol. The number of hydrogen-bond acceptors (Lipinski definition) is 6. The van der Waals surface area contributed by atoms with Gasteiger partial charge in [-0.25, -0.2) is 4.98 Å². The van der Waals surface area contributed by atoms with Crippen molar-refractivity contribution in [2.75, 3.05) is 5.73 Å². The van der Waals surface area contributed by atoms with Crippen molar-refractivity contribution >= 4 is 16.8 Å². The molecule has 2 heterocycles. The molecular formula is C13H8N4O2. The Bertz CT molecular complexity index is 789. The molecule has 6 nitrogen and oxygen atoms in total. The average molecular weight is 252 g/mol. The maximum absolute atomic E-state index is 9.06. The second kappa shape index (κ2) is 4.31. The van der Waals surface area contributed by atoms with Crippen LogP contribution in [0.1, 0.15) is 5.76 Å². The number of para-hydroxylation sites is 1. The van der Waals surface area contributed by atoms with Crippen molar-refractivity contribution in [2.24, 2.45) is 0 Å². The molecule has 0 spiro atoms. The van der Waals surface area contributed by atoms with Crippen molar-refractivity contribution in [2.45, 2.75) is 0 Å². The highest BCUT2D eigenvalue weighted by Crippen LogP contribution is 2.34. The highest BCUT2D eigenvalue weighted by Gasteiger charge is 2.16. The number of nitriles is 1. The number of fused-ring (bicyclic) bond motifs is 1. The number of hydrogen-bond donors (Lipinski definition) is 1. The lowest BCUT2D eigenvalue weighted by Gasteiger charge is -2.01. The molecule has 3 rings (SSSR count). The van der Waals surface area contributed by atoms with Crippen molar-refractivity contribution < 1.29 is 9.15 Å². The smallest absolute Gasteiger partial charge is 0.324 e. The van der Waals surface area contributed by atoms with Crippen molar-refractivity contribution in [1.29, 1.82) is 5.26 Å². The molecule has 0 aliphatic rings. The van der Waals surface area contributed by atoms with Gasteiger partial charge in [0.05, 0.1) is 5.39 Å². The lowest BCUT2D eigenvalue weighted by atomic mass is 10.2. The van der Waals surface area contributed by atoms with Crippen LogP contribution in [-0.4, -0.2) is 9.97 Å². The van der Waals surface area contributed by atoms with Crippen LogP contribution in [0.25, 0.3) is 11.0 Å². The topological polar surface area (TPSA) is 98.0 Å². The van der Waals surface area contributed by atoms with Gasteiger partial charge in [-0.2, -0.15) is 10.2 Å². The lowest BCUT2D eigenvalue weighted by molar-refractivity contribution is 0.433. The summed E-state index contributed by atoms with van der Waals surface area (Å²) in [6.07, 6.45) is 1.48. The van der Waals surface area contributed by atoms with Crippen LogP contribution < -0.4 is 10.5 Å². The van der Waals surface area contributed by atoms with E-state index in [1.165, 1.54) is 6.20 Å².